The number of fused-ring (bicyclic) bond motifs is 1. The number of aliphatic hydroxyl groups excluding tert-OH is 2. The van der Waals surface area contributed by atoms with Crippen LogP contribution in [0.15, 0.2) is 0 Å². The molecule has 0 spiro atoms. The van der Waals surface area contributed by atoms with Crippen molar-refractivity contribution in [1.82, 2.24) is 0 Å². The molecule has 0 unspecified atom stereocenters. The van der Waals surface area contributed by atoms with E-state index in [1.165, 1.54) is 0 Å². The van der Waals surface area contributed by atoms with Crippen LogP contribution in [0.25, 0.3) is 0 Å². The highest BCUT2D eigenvalue weighted by molar-refractivity contribution is 5.38. The number of rotatable bonds is 1. The average molecular weight is 190 g/mol. The van der Waals surface area contributed by atoms with Crippen LogP contribution in [0.5, 0.6) is 0 Å². The summed E-state index contributed by atoms with van der Waals surface area (Å²) in [5, 5.41) is 38.1. The normalized spacial score (nSPS) is 57.7. The van der Waals surface area contributed by atoms with Crippen molar-refractivity contribution in [2.75, 3.05) is 6.61 Å². The van der Waals surface area contributed by atoms with Crippen molar-refractivity contribution in [3.8, 4) is 0 Å². The summed E-state index contributed by atoms with van der Waals surface area (Å²) in [6, 6.07) is 0. The molecule has 5 nitrogen and oxygen atoms in total. The van der Waals surface area contributed by atoms with Crippen LogP contribution in [0.3, 0.4) is 0 Å². The van der Waals surface area contributed by atoms with E-state index in [1.807, 2.05) is 0 Å². The maximum atomic E-state index is 9.99. The summed E-state index contributed by atoms with van der Waals surface area (Å²) in [6.07, 6.45) is -2.34. The molecule has 1 saturated heterocycles. The van der Waals surface area contributed by atoms with Crippen LogP contribution in [0.2, 0.25) is 0 Å². The van der Waals surface area contributed by atoms with E-state index in [1.54, 1.807) is 13.8 Å². The van der Waals surface area contributed by atoms with E-state index in [0.717, 1.165) is 0 Å². The van der Waals surface area contributed by atoms with Crippen molar-refractivity contribution >= 4 is 0 Å². The molecule has 1 aliphatic carbocycles. The van der Waals surface area contributed by atoms with E-state index < -0.39 is 35.6 Å². The van der Waals surface area contributed by atoms with E-state index in [0.29, 0.717) is 0 Å². The highest BCUT2D eigenvalue weighted by atomic mass is 16.7. The van der Waals surface area contributed by atoms with Crippen molar-refractivity contribution in [3.63, 3.8) is 0 Å². The Balaban J connectivity index is 2.40. The van der Waals surface area contributed by atoms with Gasteiger partial charge in [0.25, 0.3) is 0 Å². The highest BCUT2D eigenvalue weighted by Gasteiger charge is 2.92. The first-order valence-electron chi connectivity index (χ1n) is 4.23. The summed E-state index contributed by atoms with van der Waals surface area (Å²) in [7, 11) is 0. The Kier molecular flexibility index (Phi) is 1.49. The summed E-state index contributed by atoms with van der Waals surface area (Å²) < 4.78 is 4.82. The van der Waals surface area contributed by atoms with Gasteiger partial charge in [-0.15, -0.1) is 0 Å². The third kappa shape index (κ3) is 0.619. The zero-order valence-electron chi connectivity index (χ0n) is 7.56. The molecule has 1 heterocycles. The maximum absolute atomic E-state index is 9.99. The van der Waals surface area contributed by atoms with Crippen LogP contribution in [-0.2, 0) is 4.74 Å². The number of hydrogen-bond acceptors (Lipinski definition) is 5. The fourth-order valence-corrected chi connectivity index (χ4v) is 2.57. The molecule has 4 atom stereocenters. The van der Waals surface area contributed by atoms with Gasteiger partial charge in [0.1, 0.15) is 11.7 Å². The van der Waals surface area contributed by atoms with E-state index in [4.69, 9.17) is 9.84 Å². The van der Waals surface area contributed by atoms with Crippen LogP contribution in [0.4, 0.5) is 0 Å². The SMILES string of the molecule is CC1(C)[C@]2(O)[C@H](O)O[C@H](CO)[C@]12O. The Bertz CT molecular complexity index is 253. The molecule has 1 aliphatic heterocycles. The molecule has 0 aromatic carbocycles. The van der Waals surface area contributed by atoms with Gasteiger partial charge >= 0.3 is 0 Å². The first kappa shape index (κ1) is 9.36. The van der Waals surface area contributed by atoms with Gasteiger partial charge in [-0.3, -0.25) is 0 Å². The van der Waals surface area contributed by atoms with Crippen LogP contribution in [0.1, 0.15) is 13.8 Å². The van der Waals surface area contributed by atoms with Crippen molar-refractivity contribution < 1.29 is 25.2 Å². The third-order valence-corrected chi connectivity index (χ3v) is 3.71. The zero-order valence-corrected chi connectivity index (χ0v) is 7.56. The van der Waals surface area contributed by atoms with Crippen LogP contribution >= 0.6 is 0 Å². The fraction of sp³-hybridized carbons (Fsp3) is 1.00. The molecular weight excluding hydrogens is 176 g/mol. The van der Waals surface area contributed by atoms with Gasteiger partial charge in [0.05, 0.1) is 6.61 Å². The minimum atomic E-state index is -1.65. The summed E-state index contributed by atoms with van der Waals surface area (Å²) in [4.78, 5) is 0. The van der Waals surface area contributed by atoms with Crippen molar-refractivity contribution in [1.29, 1.82) is 0 Å². The molecule has 76 valence electrons. The van der Waals surface area contributed by atoms with Gasteiger partial charge in [-0.2, -0.15) is 0 Å². The van der Waals surface area contributed by atoms with Crippen LogP contribution in [0, 0.1) is 5.41 Å². The molecule has 4 N–H and O–H groups in total. The van der Waals surface area contributed by atoms with Crippen molar-refractivity contribution in [2.24, 2.45) is 5.41 Å². The predicted octanol–water partition coefficient (Wildman–Crippen LogP) is -1.80. The van der Waals surface area contributed by atoms with Gasteiger partial charge in [-0.05, 0) is 0 Å². The first-order valence-corrected chi connectivity index (χ1v) is 4.23. The van der Waals surface area contributed by atoms with Gasteiger partial charge in [-0.25, -0.2) is 0 Å². The molecular formula is C8H14O5. The van der Waals surface area contributed by atoms with Gasteiger partial charge in [0, 0.05) is 5.41 Å². The molecule has 0 amide bonds. The standard InChI is InChI=1S/C8H14O5/c1-6(2)7(11)4(3-9)13-5(10)8(6,7)12/h4-5,9-12H,3H2,1-2H3/t4-,5-,7+,8-/m1/s1. The van der Waals surface area contributed by atoms with Gasteiger partial charge in [-0.1, -0.05) is 13.8 Å². The molecule has 2 aliphatic rings. The zero-order chi connectivity index (χ0) is 10.1. The first-order chi connectivity index (χ1) is 5.84. The van der Waals surface area contributed by atoms with E-state index in [9.17, 15) is 15.3 Å². The predicted molar refractivity (Wildman–Crippen MR) is 41.6 cm³/mol. The maximum Gasteiger partial charge on any atom is 0.187 e. The third-order valence-electron chi connectivity index (χ3n) is 3.71. The Hall–Kier alpha value is -0.200. The minimum Gasteiger partial charge on any atom is -0.394 e. The lowest BCUT2D eigenvalue weighted by Gasteiger charge is -2.22. The molecule has 13 heavy (non-hydrogen) atoms. The summed E-state index contributed by atoms with van der Waals surface area (Å²) >= 11 is 0. The quantitative estimate of drug-likeness (QED) is 0.391. The molecule has 0 aromatic heterocycles. The molecule has 2 rings (SSSR count). The van der Waals surface area contributed by atoms with Gasteiger partial charge in [0.15, 0.2) is 11.9 Å². The Morgan fingerprint density at radius 2 is 1.77 bits per heavy atom. The molecule has 5 heteroatoms. The van der Waals surface area contributed by atoms with E-state index in [-0.39, 0.29) is 0 Å². The van der Waals surface area contributed by atoms with Gasteiger partial charge in [0.2, 0.25) is 0 Å². The van der Waals surface area contributed by atoms with Crippen molar-refractivity contribution in [3.05, 3.63) is 0 Å². The van der Waals surface area contributed by atoms with Crippen LogP contribution < -0.4 is 0 Å². The Labute approximate surface area is 75.6 Å². The van der Waals surface area contributed by atoms with E-state index in [2.05, 4.69) is 0 Å². The molecule has 0 aromatic rings. The summed E-state index contributed by atoms with van der Waals surface area (Å²) in [5.41, 5.74) is -4.02. The van der Waals surface area contributed by atoms with Crippen molar-refractivity contribution in [2.45, 2.75) is 37.4 Å². The Morgan fingerprint density at radius 1 is 1.23 bits per heavy atom. The molecule has 0 radical (unpaired) electrons. The second kappa shape index (κ2) is 2.07. The lowest BCUT2D eigenvalue weighted by molar-refractivity contribution is -0.185. The second-order valence-electron chi connectivity index (χ2n) is 4.32. The second-order valence-corrected chi connectivity index (χ2v) is 4.32. The minimum absolute atomic E-state index is 0.417. The lowest BCUT2D eigenvalue weighted by Crippen LogP contribution is -2.36. The average Bonchev–Trinajstić information content (AvgIpc) is 2.34. The lowest BCUT2D eigenvalue weighted by atomic mass is 10.0. The highest BCUT2D eigenvalue weighted by Crippen LogP contribution is 2.72. The van der Waals surface area contributed by atoms with Crippen LogP contribution in [-0.4, -0.2) is 50.6 Å². The smallest absolute Gasteiger partial charge is 0.187 e. The molecule has 1 saturated carbocycles. The Morgan fingerprint density at radius 3 is 2.00 bits per heavy atom. The number of ether oxygens (including phenoxy) is 1. The molecule has 2 fully saturated rings. The van der Waals surface area contributed by atoms with Gasteiger partial charge < -0.3 is 25.2 Å². The van der Waals surface area contributed by atoms with E-state index >= 15 is 0 Å². The largest absolute Gasteiger partial charge is 0.394 e. The summed E-state index contributed by atoms with van der Waals surface area (Å²) in [5.74, 6) is 0. The molecule has 0 bridgehead atoms. The topological polar surface area (TPSA) is 90.2 Å². The monoisotopic (exact) mass is 190 g/mol. The summed E-state index contributed by atoms with van der Waals surface area (Å²) in [6.45, 7) is 2.84. The number of hydrogen-bond donors (Lipinski definition) is 4. The fourth-order valence-electron chi connectivity index (χ4n) is 2.57. The number of aliphatic hydroxyl groups is 4.